The van der Waals surface area contributed by atoms with Crippen molar-refractivity contribution in [2.75, 3.05) is 31.8 Å². The van der Waals surface area contributed by atoms with E-state index in [4.69, 9.17) is 22.1 Å². The molecule has 0 aliphatic heterocycles. The molecule has 5 nitrogen and oxygen atoms in total. The van der Waals surface area contributed by atoms with Gasteiger partial charge in [0, 0.05) is 20.2 Å². The zero-order chi connectivity index (χ0) is 16.3. The topological polar surface area (TPSA) is 63.2 Å². The van der Waals surface area contributed by atoms with Gasteiger partial charge in [0.25, 0.3) is 0 Å². The molecule has 0 aliphatic carbocycles. The van der Waals surface area contributed by atoms with Gasteiger partial charge in [-0.05, 0) is 36.8 Å². The fourth-order valence-corrected chi connectivity index (χ4v) is 2.36. The highest BCUT2D eigenvalue weighted by Gasteiger charge is 2.06. The zero-order valence-electron chi connectivity index (χ0n) is 13.1. The lowest BCUT2D eigenvalue weighted by atomic mass is 10.1. The van der Waals surface area contributed by atoms with Crippen molar-refractivity contribution in [1.82, 2.24) is 0 Å². The quantitative estimate of drug-likeness (QED) is 0.655. The number of rotatable bonds is 4. The molecule has 0 aliphatic rings. The van der Waals surface area contributed by atoms with Gasteiger partial charge >= 0.3 is 0 Å². The monoisotopic (exact) mass is 318 g/mol. The Balaban J connectivity index is 2.31. The minimum Gasteiger partial charge on any atom is -0.495 e. The molecule has 0 heterocycles. The molecule has 0 unspecified atom stereocenters. The van der Waals surface area contributed by atoms with Crippen LogP contribution in [0.15, 0.2) is 40.6 Å². The summed E-state index contributed by atoms with van der Waals surface area (Å²) < 4.78 is 5.20. The molecular weight excluding hydrogens is 300 g/mol. The van der Waals surface area contributed by atoms with Crippen LogP contribution < -0.4 is 15.4 Å². The van der Waals surface area contributed by atoms with Crippen LogP contribution in [0.4, 0.5) is 22.7 Å². The molecule has 0 aromatic heterocycles. The fraction of sp³-hybridized carbons (Fsp3) is 0.250. The molecule has 2 rings (SSSR count). The second-order valence-corrected chi connectivity index (χ2v) is 5.52. The highest BCUT2D eigenvalue weighted by atomic mass is 35.5. The molecule has 0 amide bonds. The maximum absolute atomic E-state index is 6.23. The van der Waals surface area contributed by atoms with E-state index in [1.165, 1.54) is 0 Å². The van der Waals surface area contributed by atoms with E-state index in [-0.39, 0.29) is 0 Å². The maximum atomic E-state index is 6.23. The van der Waals surface area contributed by atoms with Gasteiger partial charge in [-0.2, -0.15) is 10.2 Å². The number of nitrogen functional groups attached to an aromatic ring is 1. The van der Waals surface area contributed by atoms with E-state index in [0.717, 1.165) is 11.3 Å². The van der Waals surface area contributed by atoms with Gasteiger partial charge in [-0.1, -0.05) is 11.6 Å². The first-order valence-electron chi connectivity index (χ1n) is 6.75. The van der Waals surface area contributed by atoms with Crippen molar-refractivity contribution in [3.8, 4) is 5.75 Å². The maximum Gasteiger partial charge on any atom is 0.143 e. The molecule has 0 fully saturated rings. The van der Waals surface area contributed by atoms with Crippen molar-refractivity contribution in [2.45, 2.75) is 6.92 Å². The van der Waals surface area contributed by atoms with Crippen LogP contribution in [0, 0.1) is 6.92 Å². The molecule has 2 aromatic carbocycles. The standard InChI is InChI=1S/C16H19ClN4O/c1-10-7-13(18)16(22-4)9-14(10)20-19-11-5-6-15(21(2)3)12(17)8-11/h5-9H,18H2,1-4H3. The molecular formula is C16H19ClN4O. The second-order valence-electron chi connectivity index (χ2n) is 5.11. The Morgan fingerprint density at radius 3 is 2.45 bits per heavy atom. The Bertz CT molecular complexity index is 714. The Kier molecular flexibility index (Phi) is 4.88. The van der Waals surface area contributed by atoms with Crippen LogP contribution in [0.3, 0.4) is 0 Å². The highest BCUT2D eigenvalue weighted by Crippen LogP contribution is 2.33. The molecule has 0 radical (unpaired) electrons. The lowest BCUT2D eigenvalue weighted by molar-refractivity contribution is 0.417. The van der Waals surface area contributed by atoms with Crippen LogP contribution in [0.1, 0.15) is 5.56 Å². The van der Waals surface area contributed by atoms with Crippen LogP contribution in [0.2, 0.25) is 5.02 Å². The summed E-state index contributed by atoms with van der Waals surface area (Å²) in [5, 5.41) is 9.12. The summed E-state index contributed by atoms with van der Waals surface area (Å²) in [4.78, 5) is 1.94. The minimum absolute atomic E-state index is 0.581. The number of hydrogen-bond acceptors (Lipinski definition) is 5. The van der Waals surface area contributed by atoms with Crippen LogP contribution in [0.5, 0.6) is 5.75 Å². The van der Waals surface area contributed by atoms with Gasteiger partial charge in [-0.25, -0.2) is 0 Å². The summed E-state index contributed by atoms with van der Waals surface area (Å²) in [6, 6.07) is 9.14. The summed E-state index contributed by atoms with van der Waals surface area (Å²) in [6.07, 6.45) is 0. The Hall–Kier alpha value is -2.27. The van der Waals surface area contributed by atoms with E-state index in [0.29, 0.717) is 27.8 Å². The number of ether oxygens (including phenoxy) is 1. The molecule has 0 saturated carbocycles. The van der Waals surface area contributed by atoms with Gasteiger partial charge in [0.1, 0.15) is 5.75 Å². The number of halogens is 1. The van der Waals surface area contributed by atoms with Crippen molar-refractivity contribution < 1.29 is 4.74 Å². The minimum atomic E-state index is 0.581. The number of nitrogens with zero attached hydrogens (tertiary/aromatic N) is 3. The van der Waals surface area contributed by atoms with E-state index < -0.39 is 0 Å². The van der Waals surface area contributed by atoms with E-state index in [1.54, 1.807) is 19.2 Å². The average molecular weight is 319 g/mol. The molecule has 0 bridgehead atoms. The fourth-order valence-electron chi connectivity index (χ4n) is 2.02. The number of aryl methyl sites for hydroxylation is 1. The normalized spacial score (nSPS) is 11.0. The molecule has 2 aromatic rings. The summed E-state index contributed by atoms with van der Waals surface area (Å²) in [5.41, 5.74) is 9.69. The zero-order valence-corrected chi connectivity index (χ0v) is 13.8. The molecule has 0 spiro atoms. The van der Waals surface area contributed by atoms with E-state index >= 15 is 0 Å². The average Bonchev–Trinajstić information content (AvgIpc) is 2.46. The Morgan fingerprint density at radius 2 is 1.86 bits per heavy atom. The number of benzene rings is 2. The van der Waals surface area contributed by atoms with Crippen molar-refractivity contribution in [3.05, 3.63) is 40.9 Å². The van der Waals surface area contributed by atoms with Crippen LogP contribution in [-0.4, -0.2) is 21.2 Å². The number of azo groups is 1. The summed E-state index contributed by atoms with van der Waals surface area (Å²) >= 11 is 6.23. The third-order valence-electron chi connectivity index (χ3n) is 3.23. The third kappa shape index (κ3) is 3.49. The van der Waals surface area contributed by atoms with Gasteiger partial charge < -0.3 is 15.4 Å². The van der Waals surface area contributed by atoms with Crippen molar-refractivity contribution >= 4 is 34.4 Å². The van der Waals surface area contributed by atoms with E-state index in [1.807, 2.05) is 44.1 Å². The smallest absolute Gasteiger partial charge is 0.143 e. The molecule has 6 heteroatoms. The van der Waals surface area contributed by atoms with Gasteiger partial charge in [0.15, 0.2) is 0 Å². The summed E-state index contributed by atoms with van der Waals surface area (Å²) in [5.74, 6) is 0.584. The molecule has 0 atom stereocenters. The highest BCUT2D eigenvalue weighted by molar-refractivity contribution is 6.33. The van der Waals surface area contributed by atoms with Crippen LogP contribution >= 0.6 is 11.6 Å². The largest absolute Gasteiger partial charge is 0.495 e. The summed E-state index contributed by atoms with van der Waals surface area (Å²) in [6.45, 7) is 1.92. The predicted molar refractivity (Wildman–Crippen MR) is 92.1 cm³/mol. The first-order valence-corrected chi connectivity index (χ1v) is 7.13. The van der Waals surface area contributed by atoms with Gasteiger partial charge in [-0.15, -0.1) is 0 Å². The Labute approximate surface area is 135 Å². The second kappa shape index (κ2) is 6.66. The summed E-state index contributed by atoms with van der Waals surface area (Å²) in [7, 11) is 5.44. The number of hydrogen-bond donors (Lipinski definition) is 1. The number of nitrogens with two attached hydrogens (primary N) is 1. The van der Waals surface area contributed by atoms with Crippen molar-refractivity contribution in [2.24, 2.45) is 10.2 Å². The SMILES string of the molecule is COc1cc(N=Nc2ccc(N(C)C)c(Cl)c2)c(C)cc1N. The molecule has 22 heavy (non-hydrogen) atoms. The first-order chi connectivity index (χ1) is 10.4. The van der Waals surface area contributed by atoms with Gasteiger partial charge in [0.05, 0.1) is 34.9 Å². The molecule has 116 valence electrons. The number of anilines is 2. The van der Waals surface area contributed by atoms with Gasteiger partial charge in [-0.3, -0.25) is 0 Å². The van der Waals surface area contributed by atoms with Gasteiger partial charge in [0.2, 0.25) is 0 Å². The molecule has 0 saturated heterocycles. The van der Waals surface area contributed by atoms with Crippen molar-refractivity contribution in [3.63, 3.8) is 0 Å². The van der Waals surface area contributed by atoms with Crippen molar-refractivity contribution in [1.29, 1.82) is 0 Å². The lowest BCUT2D eigenvalue weighted by Gasteiger charge is -2.14. The Morgan fingerprint density at radius 1 is 1.14 bits per heavy atom. The van der Waals surface area contributed by atoms with E-state index in [9.17, 15) is 0 Å². The van der Waals surface area contributed by atoms with Crippen LogP contribution in [-0.2, 0) is 0 Å². The van der Waals surface area contributed by atoms with E-state index in [2.05, 4.69) is 10.2 Å². The molecule has 2 N–H and O–H groups in total. The van der Waals surface area contributed by atoms with Crippen LogP contribution in [0.25, 0.3) is 0 Å². The lowest BCUT2D eigenvalue weighted by Crippen LogP contribution is -2.08. The first kappa shape index (κ1) is 16.1. The number of methoxy groups -OCH3 is 1. The third-order valence-corrected chi connectivity index (χ3v) is 3.54. The predicted octanol–water partition coefficient (Wildman–Crippen LogP) is 4.72.